The molecule has 0 amide bonds. The maximum atomic E-state index is 5.64. The Balaban J connectivity index is 1.92. The Kier molecular flexibility index (Phi) is 2.83. The molecule has 0 aliphatic heterocycles. The molecule has 0 bridgehead atoms. The summed E-state index contributed by atoms with van der Waals surface area (Å²) in [6.07, 6.45) is 7.39. The van der Waals surface area contributed by atoms with Gasteiger partial charge in [-0.25, -0.2) is 0 Å². The Labute approximate surface area is 83.1 Å². The summed E-state index contributed by atoms with van der Waals surface area (Å²) in [6, 6.07) is 0. The van der Waals surface area contributed by atoms with E-state index in [1.165, 1.54) is 25.7 Å². The van der Waals surface area contributed by atoms with Crippen LogP contribution < -0.4 is 0 Å². The first-order valence-electron chi connectivity index (χ1n) is 4.83. The number of halogens is 1. The lowest BCUT2D eigenvalue weighted by Gasteiger charge is -2.06. The Morgan fingerprint density at radius 2 is 2.23 bits per heavy atom. The maximum absolute atomic E-state index is 5.64. The van der Waals surface area contributed by atoms with Crippen molar-refractivity contribution < 1.29 is 0 Å². The van der Waals surface area contributed by atoms with Crippen molar-refractivity contribution in [2.24, 2.45) is 5.92 Å². The molecule has 1 fully saturated rings. The van der Waals surface area contributed by atoms with E-state index in [-0.39, 0.29) is 0 Å². The molecule has 0 spiro atoms. The van der Waals surface area contributed by atoms with Crippen molar-refractivity contribution in [2.75, 3.05) is 0 Å². The number of aromatic nitrogens is 3. The molecular weight excluding hydrogens is 186 g/mol. The molecule has 0 atom stereocenters. The third kappa shape index (κ3) is 2.21. The van der Waals surface area contributed by atoms with E-state index in [0.717, 1.165) is 18.2 Å². The van der Waals surface area contributed by atoms with Gasteiger partial charge in [0.1, 0.15) is 0 Å². The smallest absolute Gasteiger partial charge is 0.0974 e. The zero-order valence-corrected chi connectivity index (χ0v) is 8.37. The molecule has 0 saturated heterocycles. The monoisotopic (exact) mass is 199 g/mol. The predicted molar refractivity (Wildman–Crippen MR) is 51.5 cm³/mol. The van der Waals surface area contributed by atoms with Gasteiger partial charge in [0.2, 0.25) is 0 Å². The van der Waals surface area contributed by atoms with Gasteiger partial charge in [-0.2, -0.15) is 0 Å². The van der Waals surface area contributed by atoms with Gasteiger partial charge >= 0.3 is 0 Å². The van der Waals surface area contributed by atoms with Crippen LogP contribution in [-0.2, 0) is 12.4 Å². The summed E-state index contributed by atoms with van der Waals surface area (Å²) in [6.45, 7) is 1.02. The van der Waals surface area contributed by atoms with Crippen molar-refractivity contribution in [1.29, 1.82) is 0 Å². The molecule has 4 heteroatoms. The van der Waals surface area contributed by atoms with E-state index in [1.807, 2.05) is 10.9 Å². The van der Waals surface area contributed by atoms with E-state index in [9.17, 15) is 0 Å². The van der Waals surface area contributed by atoms with Crippen LogP contribution in [0.2, 0.25) is 0 Å². The fourth-order valence-electron chi connectivity index (χ4n) is 1.95. The van der Waals surface area contributed by atoms with Gasteiger partial charge in [0.15, 0.2) is 0 Å². The first-order chi connectivity index (χ1) is 6.38. The lowest BCUT2D eigenvalue weighted by Crippen LogP contribution is -2.07. The largest absolute Gasteiger partial charge is 0.252 e. The van der Waals surface area contributed by atoms with Gasteiger partial charge in [-0.1, -0.05) is 18.1 Å². The van der Waals surface area contributed by atoms with Crippen LogP contribution in [0.15, 0.2) is 6.20 Å². The molecule has 13 heavy (non-hydrogen) atoms. The third-order valence-corrected chi connectivity index (χ3v) is 2.92. The van der Waals surface area contributed by atoms with Crippen LogP contribution in [0.25, 0.3) is 0 Å². The molecule has 1 aromatic heterocycles. The summed E-state index contributed by atoms with van der Waals surface area (Å²) in [4.78, 5) is 0. The molecule has 3 nitrogen and oxygen atoms in total. The fraction of sp³-hybridized carbons (Fsp3) is 0.778. The normalized spacial score (nSPS) is 18.2. The van der Waals surface area contributed by atoms with E-state index >= 15 is 0 Å². The SMILES string of the molecule is ClCc1cn(CC2CCCC2)nn1. The van der Waals surface area contributed by atoms with Gasteiger partial charge < -0.3 is 0 Å². The highest BCUT2D eigenvalue weighted by Gasteiger charge is 2.15. The van der Waals surface area contributed by atoms with Gasteiger partial charge in [-0.15, -0.1) is 16.7 Å². The van der Waals surface area contributed by atoms with Gasteiger partial charge in [0, 0.05) is 12.7 Å². The molecule has 2 rings (SSSR count). The molecule has 1 saturated carbocycles. The third-order valence-electron chi connectivity index (χ3n) is 2.64. The molecule has 0 radical (unpaired) electrons. The Hall–Kier alpha value is -0.570. The summed E-state index contributed by atoms with van der Waals surface area (Å²) >= 11 is 5.64. The summed E-state index contributed by atoms with van der Waals surface area (Å²) in [5, 5.41) is 7.99. The predicted octanol–water partition coefficient (Wildman–Crippen LogP) is 2.21. The first-order valence-corrected chi connectivity index (χ1v) is 5.37. The highest BCUT2D eigenvalue weighted by atomic mass is 35.5. The average molecular weight is 200 g/mol. The zero-order chi connectivity index (χ0) is 9.10. The van der Waals surface area contributed by atoms with Gasteiger partial charge in [-0.3, -0.25) is 4.68 Å². The molecule has 1 aliphatic carbocycles. The van der Waals surface area contributed by atoms with Crippen LogP contribution >= 0.6 is 11.6 Å². The maximum Gasteiger partial charge on any atom is 0.0974 e. The van der Waals surface area contributed by atoms with Crippen LogP contribution in [0.4, 0.5) is 0 Å². The second kappa shape index (κ2) is 4.09. The van der Waals surface area contributed by atoms with Crippen molar-refractivity contribution in [2.45, 2.75) is 38.1 Å². The highest BCUT2D eigenvalue weighted by molar-refractivity contribution is 6.16. The van der Waals surface area contributed by atoms with E-state index in [1.54, 1.807) is 0 Å². The quantitative estimate of drug-likeness (QED) is 0.699. The Morgan fingerprint density at radius 3 is 2.85 bits per heavy atom. The second-order valence-electron chi connectivity index (χ2n) is 3.72. The van der Waals surface area contributed by atoms with Crippen molar-refractivity contribution >= 4 is 11.6 Å². The molecule has 1 heterocycles. The van der Waals surface area contributed by atoms with Crippen LogP contribution in [0.1, 0.15) is 31.4 Å². The number of hydrogen-bond donors (Lipinski definition) is 0. The van der Waals surface area contributed by atoms with Crippen LogP contribution in [0, 0.1) is 5.92 Å². The minimum Gasteiger partial charge on any atom is -0.252 e. The van der Waals surface area contributed by atoms with E-state index in [0.29, 0.717) is 5.88 Å². The van der Waals surface area contributed by atoms with E-state index in [2.05, 4.69) is 10.3 Å². The molecule has 0 N–H and O–H groups in total. The molecule has 1 aromatic rings. The lowest BCUT2D eigenvalue weighted by atomic mass is 10.1. The number of hydrogen-bond acceptors (Lipinski definition) is 2. The number of rotatable bonds is 3. The van der Waals surface area contributed by atoms with Crippen molar-refractivity contribution in [3.8, 4) is 0 Å². The summed E-state index contributed by atoms with van der Waals surface area (Å²) in [7, 11) is 0. The van der Waals surface area contributed by atoms with Crippen LogP contribution in [0.5, 0.6) is 0 Å². The first kappa shape index (κ1) is 9.00. The van der Waals surface area contributed by atoms with E-state index < -0.39 is 0 Å². The number of alkyl halides is 1. The Morgan fingerprint density at radius 1 is 1.46 bits per heavy atom. The fourth-order valence-corrected chi connectivity index (χ4v) is 2.07. The summed E-state index contributed by atoms with van der Waals surface area (Å²) < 4.78 is 1.92. The Bertz CT molecular complexity index is 266. The number of nitrogens with zero attached hydrogens (tertiary/aromatic N) is 3. The van der Waals surface area contributed by atoms with Gasteiger partial charge in [0.05, 0.1) is 11.6 Å². The van der Waals surface area contributed by atoms with Crippen molar-refractivity contribution in [1.82, 2.24) is 15.0 Å². The molecular formula is C9H14ClN3. The topological polar surface area (TPSA) is 30.7 Å². The lowest BCUT2D eigenvalue weighted by molar-refractivity contribution is 0.421. The van der Waals surface area contributed by atoms with Crippen LogP contribution in [-0.4, -0.2) is 15.0 Å². The zero-order valence-electron chi connectivity index (χ0n) is 7.62. The van der Waals surface area contributed by atoms with E-state index in [4.69, 9.17) is 11.6 Å². The van der Waals surface area contributed by atoms with Gasteiger partial charge in [0.25, 0.3) is 0 Å². The minimum absolute atomic E-state index is 0.463. The minimum atomic E-state index is 0.463. The average Bonchev–Trinajstić information content (AvgIpc) is 2.76. The summed E-state index contributed by atoms with van der Waals surface area (Å²) in [5.41, 5.74) is 0.875. The van der Waals surface area contributed by atoms with Crippen LogP contribution in [0.3, 0.4) is 0 Å². The standard InChI is InChI=1S/C9H14ClN3/c10-5-9-7-13(12-11-9)6-8-3-1-2-4-8/h7-8H,1-6H2. The molecule has 1 aliphatic rings. The van der Waals surface area contributed by atoms with Crippen molar-refractivity contribution in [3.05, 3.63) is 11.9 Å². The molecule has 72 valence electrons. The van der Waals surface area contributed by atoms with Crippen molar-refractivity contribution in [3.63, 3.8) is 0 Å². The summed E-state index contributed by atoms with van der Waals surface area (Å²) in [5.74, 6) is 1.27. The second-order valence-corrected chi connectivity index (χ2v) is 3.98. The molecule has 0 aromatic carbocycles. The molecule has 0 unspecified atom stereocenters. The van der Waals surface area contributed by atoms with Gasteiger partial charge in [-0.05, 0) is 18.8 Å². The highest BCUT2D eigenvalue weighted by Crippen LogP contribution is 2.25.